The molecule has 0 bridgehead atoms. The van der Waals surface area contributed by atoms with Crippen LogP contribution in [-0.4, -0.2) is 13.0 Å². The van der Waals surface area contributed by atoms with Gasteiger partial charge in [-0.15, -0.1) is 0 Å². The average Bonchev–Trinajstić information content (AvgIpc) is 2.90. The smallest absolute Gasteiger partial charge is 0.291 e. The number of furan rings is 1. The molecule has 0 aliphatic rings. The van der Waals surface area contributed by atoms with Crippen LogP contribution in [0.5, 0.6) is 0 Å². The summed E-state index contributed by atoms with van der Waals surface area (Å²) in [5.41, 5.74) is 2.47. The number of rotatable bonds is 4. The summed E-state index contributed by atoms with van der Waals surface area (Å²) in [5, 5.41) is 3.53. The summed E-state index contributed by atoms with van der Waals surface area (Å²) in [7, 11) is 1.56. The second-order valence-corrected chi connectivity index (χ2v) is 5.25. The van der Waals surface area contributed by atoms with Crippen LogP contribution in [0.3, 0.4) is 0 Å². The summed E-state index contributed by atoms with van der Waals surface area (Å²) >= 11 is 0. The molecule has 3 aromatic rings. The average molecular weight is 313 g/mol. The highest BCUT2D eigenvalue weighted by Crippen LogP contribution is 2.27. The molecule has 0 saturated carbocycles. The number of nitrogens with one attached hydrogen (secondary N) is 1. The second kappa shape index (κ2) is 6.22. The second-order valence-electron chi connectivity index (χ2n) is 5.25. The topological polar surface area (TPSA) is 51.5 Å². The molecular weight excluding hydrogens is 297 g/mol. The monoisotopic (exact) mass is 313 g/mol. The number of halogens is 1. The van der Waals surface area contributed by atoms with E-state index in [9.17, 15) is 9.18 Å². The molecule has 1 aromatic heterocycles. The lowest BCUT2D eigenvalue weighted by Crippen LogP contribution is -2.14. The number of hydrogen-bond donors (Lipinski definition) is 1. The van der Waals surface area contributed by atoms with Gasteiger partial charge in [0.2, 0.25) is 0 Å². The lowest BCUT2D eigenvalue weighted by atomic mass is 10.1. The van der Waals surface area contributed by atoms with Crippen molar-refractivity contribution < 1.29 is 18.3 Å². The largest absolute Gasteiger partial charge is 0.451 e. The van der Waals surface area contributed by atoms with Crippen LogP contribution in [0.1, 0.15) is 21.7 Å². The molecule has 4 nitrogen and oxygen atoms in total. The molecule has 5 heteroatoms. The first kappa shape index (κ1) is 15.2. The van der Waals surface area contributed by atoms with Crippen molar-refractivity contribution in [2.75, 3.05) is 12.4 Å². The Morgan fingerprint density at radius 2 is 2.04 bits per heavy atom. The summed E-state index contributed by atoms with van der Waals surface area (Å²) in [6.07, 6.45) is 0. The molecule has 0 saturated heterocycles. The van der Waals surface area contributed by atoms with Gasteiger partial charge in [-0.1, -0.05) is 24.3 Å². The van der Waals surface area contributed by atoms with Crippen LogP contribution in [0, 0.1) is 12.7 Å². The SMILES string of the molecule is COCc1c(C(=O)Nc2cc(F)ccc2C)oc2ccccc12. The zero-order valence-electron chi connectivity index (χ0n) is 12.9. The number of carbonyl (C=O) groups is 1. The summed E-state index contributed by atoms with van der Waals surface area (Å²) in [6.45, 7) is 2.05. The van der Waals surface area contributed by atoms with E-state index in [0.717, 1.165) is 10.9 Å². The van der Waals surface area contributed by atoms with Gasteiger partial charge in [-0.2, -0.15) is 0 Å². The van der Waals surface area contributed by atoms with Crippen LogP contribution >= 0.6 is 0 Å². The summed E-state index contributed by atoms with van der Waals surface area (Å²) in [5.74, 6) is -0.661. The Kier molecular flexibility index (Phi) is 4.12. The molecule has 0 fully saturated rings. The van der Waals surface area contributed by atoms with Gasteiger partial charge in [-0.05, 0) is 30.7 Å². The molecule has 1 N–H and O–H groups in total. The van der Waals surface area contributed by atoms with Gasteiger partial charge >= 0.3 is 0 Å². The number of carbonyl (C=O) groups excluding carboxylic acids is 1. The molecule has 0 unspecified atom stereocenters. The summed E-state index contributed by atoms with van der Waals surface area (Å²) in [6, 6.07) is 11.6. The van der Waals surface area contributed by atoms with Crippen LogP contribution in [0.25, 0.3) is 11.0 Å². The normalized spacial score (nSPS) is 10.9. The fourth-order valence-electron chi connectivity index (χ4n) is 2.48. The Balaban J connectivity index is 2.00. The first-order valence-electron chi connectivity index (χ1n) is 7.17. The van der Waals surface area contributed by atoms with Crippen molar-refractivity contribution in [2.45, 2.75) is 13.5 Å². The fourth-order valence-corrected chi connectivity index (χ4v) is 2.48. The Bertz CT molecular complexity index is 870. The number of methoxy groups -OCH3 is 1. The van der Waals surface area contributed by atoms with Crippen molar-refractivity contribution in [2.24, 2.45) is 0 Å². The molecule has 0 spiro atoms. The maximum absolute atomic E-state index is 13.4. The van der Waals surface area contributed by atoms with Crippen molar-refractivity contribution in [1.29, 1.82) is 0 Å². The first-order valence-corrected chi connectivity index (χ1v) is 7.17. The Morgan fingerprint density at radius 3 is 2.83 bits per heavy atom. The van der Waals surface area contributed by atoms with E-state index in [1.54, 1.807) is 26.2 Å². The highest BCUT2D eigenvalue weighted by molar-refractivity contribution is 6.06. The zero-order valence-corrected chi connectivity index (χ0v) is 12.9. The molecule has 23 heavy (non-hydrogen) atoms. The van der Waals surface area contributed by atoms with E-state index >= 15 is 0 Å². The molecule has 2 aromatic carbocycles. The number of para-hydroxylation sites is 1. The molecular formula is C18H16FNO3. The molecule has 0 aliphatic heterocycles. The van der Waals surface area contributed by atoms with Gasteiger partial charge in [0.25, 0.3) is 5.91 Å². The van der Waals surface area contributed by atoms with E-state index in [4.69, 9.17) is 9.15 Å². The highest BCUT2D eigenvalue weighted by atomic mass is 19.1. The predicted octanol–water partition coefficient (Wildman–Crippen LogP) is 4.28. The maximum atomic E-state index is 13.4. The van der Waals surface area contributed by atoms with Crippen LogP contribution in [0.15, 0.2) is 46.9 Å². The van der Waals surface area contributed by atoms with Gasteiger partial charge in [0.05, 0.1) is 6.61 Å². The number of benzene rings is 2. The maximum Gasteiger partial charge on any atom is 0.291 e. The zero-order chi connectivity index (χ0) is 16.4. The van der Waals surface area contributed by atoms with Crippen molar-refractivity contribution in [3.8, 4) is 0 Å². The van der Waals surface area contributed by atoms with Crippen LogP contribution in [-0.2, 0) is 11.3 Å². The minimum absolute atomic E-state index is 0.178. The molecule has 3 rings (SSSR count). The predicted molar refractivity (Wildman–Crippen MR) is 86.0 cm³/mol. The standard InChI is InChI=1S/C18H16FNO3/c1-11-7-8-12(19)9-15(11)20-18(21)17-14(10-22-2)13-5-3-4-6-16(13)23-17/h3-9H,10H2,1-2H3,(H,20,21). The molecule has 0 aliphatic carbocycles. The van der Waals surface area contributed by atoms with Gasteiger partial charge in [-0.25, -0.2) is 4.39 Å². The van der Waals surface area contributed by atoms with Gasteiger partial charge in [0, 0.05) is 23.7 Å². The van der Waals surface area contributed by atoms with Gasteiger partial charge in [-0.3, -0.25) is 4.79 Å². The van der Waals surface area contributed by atoms with E-state index in [-0.39, 0.29) is 12.4 Å². The quantitative estimate of drug-likeness (QED) is 0.782. The molecule has 1 heterocycles. The minimum atomic E-state index is -0.429. The molecule has 0 radical (unpaired) electrons. The number of fused-ring (bicyclic) bond motifs is 1. The Hall–Kier alpha value is -2.66. The van der Waals surface area contributed by atoms with Crippen molar-refractivity contribution in [3.63, 3.8) is 0 Å². The van der Waals surface area contributed by atoms with Crippen LogP contribution < -0.4 is 5.32 Å². The molecule has 118 valence electrons. The number of ether oxygens (including phenoxy) is 1. The van der Waals surface area contributed by atoms with Gasteiger partial charge in [0.1, 0.15) is 11.4 Å². The third-order valence-electron chi connectivity index (χ3n) is 3.64. The fraction of sp³-hybridized carbons (Fsp3) is 0.167. The van der Waals surface area contributed by atoms with Crippen molar-refractivity contribution in [3.05, 3.63) is 65.2 Å². The lowest BCUT2D eigenvalue weighted by molar-refractivity contribution is 0.0992. The van der Waals surface area contributed by atoms with E-state index in [0.29, 0.717) is 16.8 Å². The molecule has 1 amide bonds. The van der Waals surface area contributed by atoms with E-state index in [2.05, 4.69) is 5.32 Å². The van der Waals surface area contributed by atoms with Crippen molar-refractivity contribution >= 4 is 22.6 Å². The number of anilines is 1. The number of amides is 1. The van der Waals surface area contributed by atoms with E-state index in [1.807, 2.05) is 18.2 Å². The van der Waals surface area contributed by atoms with Gasteiger partial charge < -0.3 is 14.5 Å². The van der Waals surface area contributed by atoms with E-state index < -0.39 is 11.7 Å². The molecule has 0 atom stereocenters. The Morgan fingerprint density at radius 1 is 1.26 bits per heavy atom. The third kappa shape index (κ3) is 2.96. The van der Waals surface area contributed by atoms with Crippen LogP contribution in [0.2, 0.25) is 0 Å². The minimum Gasteiger partial charge on any atom is -0.451 e. The summed E-state index contributed by atoms with van der Waals surface area (Å²) in [4.78, 5) is 12.6. The third-order valence-corrected chi connectivity index (χ3v) is 3.64. The van der Waals surface area contributed by atoms with Crippen LogP contribution in [0.4, 0.5) is 10.1 Å². The lowest BCUT2D eigenvalue weighted by Gasteiger charge is -2.08. The van der Waals surface area contributed by atoms with E-state index in [1.165, 1.54) is 12.1 Å². The number of aryl methyl sites for hydroxylation is 1. The number of hydrogen-bond acceptors (Lipinski definition) is 3. The summed E-state index contributed by atoms with van der Waals surface area (Å²) < 4.78 is 24.2. The Labute approximate surface area is 132 Å². The van der Waals surface area contributed by atoms with Gasteiger partial charge in [0.15, 0.2) is 5.76 Å². The highest BCUT2D eigenvalue weighted by Gasteiger charge is 2.21. The first-order chi connectivity index (χ1) is 11.1. The van der Waals surface area contributed by atoms with Crippen molar-refractivity contribution in [1.82, 2.24) is 0 Å².